The molecule has 0 saturated heterocycles. The first-order valence-corrected chi connectivity index (χ1v) is 13.9. The third-order valence-corrected chi connectivity index (χ3v) is 7.65. The quantitative estimate of drug-likeness (QED) is 0.183. The second-order valence-corrected chi connectivity index (χ2v) is 10.5. The van der Waals surface area contributed by atoms with E-state index in [1.54, 1.807) is 12.1 Å². The van der Waals surface area contributed by atoms with Gasteiger partial charge in [0.15, 0.2) is 0 Å². The summed E-state index contributed by atoms with van der Waals surface area (Å²) in [5.41, 5.74) is 1.79. The number of aryl methyl sites for hydroxylation is 1. The summed E-state index contributed by atoms with van der Waals surface area (Å²) >= 11 is 0. The van der Waals surface area contributed by atoms with Crippen LogP contribution in [0, 0.1) is 11.7 Å². The predicted molar refractivity (Wildman–Crippen MR) is 138 cm³/mol. The van der Waals surface area contributed by atoms with Gasteiger partial charge in [-0.15, -0.1) is 0 Å². The summed E-state index contributed by atoms with van der Waals surface area (Å²) in [4.78, 5) is 0. The molecule has 2 aromatic rings. The smallest absolute Gasteiger partial charge is 0.313 e. The van der Waals surface area contributed by atoms with E-state index in [2.05, 4.69) is 18.6 Å². The Kier molecular flexibility index (Phi) is 11.3. The van der Waals surface area contributed by atoms with Gasteiger partial charge in [-0.1, -0.05) is 88.8 Å². The molecule has 0 N–H and O–H groups in total. The second kappa shape index (κ2) is 14.2. The van der Waals surface area contributed by atoms with E-state index in [1.165, 1.54) is 50.2 Å². The Bertz CT molecular complexity index is 903. The summed E-state index contributed by atoms with van der Waals surface area (Å²) in [5, 5.41) is 0. The Morgan fingerprint density at radius 2 is 1.50 bits per heavy atom. The SMILES string of the molecule is CCCCCc1ccc(C(F)C(F)(F)OCc2ccc(C3CCC(CCCCC)CC3)cc2)c(F)c1. The Morgan fingerprint density at radius 3 is 2.14 bits per heavy atom. The van der Waals surface area contributed by atoms with Crippen LogP contribution in [-0.4, -0.2) is 6.11 Å². The van der Waals surface area contributed by atoms with E-state index < -0.39 is 30.3 Å². The van der Waals surface area contributed by atoms with E-state index in [1.807, 2.05) is 12.1 Å². The first-order valence-electron chi connectivity index (χ1n) is 13.9. The molecule has 200 valence electrons. The highest BCUT2D eigenvalue weighted by Crippen LogP contribution is 2.39. The van der Waals surface area contributed by atoms with Crippen LogP contribution in [0.1, 0.15) is 119 Å². The third kappa shape index (κ3) is 8.33. The lowest BCUT2D eigenvalue weighted by Crippen LogP contribution is -2.27. The molecule has 0 bridgehead atoms. The molecule has 1 saturated carbocycles. The maximum Gasteiger partial charge on any atom is 0.391 e. The number of hydrogen-bond donors (Lipinski definition) is 0. The van der Waals surface area contributed by atoms with Gasteiger partial charge in [0, 0.05) is 5.56 Å². The number of unbranched alkanes of at least 4 members (excludes halogenated alkanes) is 4. The minimum Gasteiger partial charge on any atom is -0.313 e. The third-order valence-electron chi connectivity index (χ3n) is 7.65. The van der Waals surface area contributed by atoms with Gasteiger partial charge in [-0.2, -0.15) is 8.78 Å². The zero-order chi connectivity index (χ0) is 26.0. The van der Waals surface area contributed by atoms with Crippen LogP contribution < -0.4 is 0 Å². The van der Waals surface area contributed by atoms with Crippen molar-refractivity contribution in [2.45, 2.75) is 116 Å². The first-order chi connectivity index (χ1) is 17.3. The Morgan fingerprint density at radius 1 is 0.861 bits per heavy atom. The molecule has 0 aliphatic heterocycles. The van der Waals surface area contributed by atoms with E-state index in [9.17, 15) is 17.6 Å². The highest BCUT2D eigenvalue weighted by molar-refractivity contribution is 5.28. The molecule has 1 unspecified atom stereocenters. The first kappa shape index (κ1) is 28.7. The average molecular weight is 507 g/mol. The Balaban J connectivity index is 1.50. The monoisotopic (exact) mass is 506 g/mol. The molecule has 1 atom stereocenters. The molecule has 1 aliphatic rings. The van der Waals surface area contributed by atoms with Crippen molar-refractivity contribution in [2.24, 2.45) is 5.92 Å². The van der Waals surface area contributed by atoms with Crippen LogP contribution in [0.15, 0.2) is 42.5 Å². The van der Waals surface area contributed by atoms with E-state index in [0.29, 0.717) is 23.5 Å². The van der Waals surface area contributed by atoms with Crippen LogP contribution in [-0.2, 0) is 17.8 Å². The molecule has 0 heterocycles. The zero-order valence-electron chi connectivity index (χ0n) is 21.9. The zero-order valence-corrected chi connectivity index (χ0v) is 21.9. The topological polar surface area (TPSA) is 9.23 Å². The van der Waals surface area contributed by atoms with Crippen LogP contribution in [0.3, 0.4) is 0 Å². The maximum atomic E-state index is 14.6. The number of rotatable bonds is 14. The largest absolute Gasteiger partial charge is 0.391 e. The number of benzene rings is 2. The minimum atomic E-state index is -4.13. The van der Waals surface area contributed by atoms with Gasteiger partial charge >= 0.3 is 6.11 Å². The fourth-order valence-corrected chi connectivity index (χ4v) is 5.30. The van der Waals surface area contributed by atoms with Crippen LogP contribution >= 0.6 is 0 Å². The van der Waals surface area contributed by atoms with E-state index in [4.69, 9.17) is 0 Å². The van der Waals surface area contributed by atoms with Gasteiger partial charge in [0.25, 0.3) is 0 Å². The minimum absolute atomic E-state index is 0.436. The van der Waals surface area contributed by atoms with Crippen molar-refractivity contribution in [1.29, 1.82) is 0 Å². The van der Waals surface area contributed by atoms with Gasteiger partial charge in [0.1, 0.15) is 5.82 Å². The van der Waals surface area contributed by atoms with Crippen LogP contribution in [0.4, 0.5) is 17.6 Å². The van der Waals surface area contributed by atoms with Gasteiger partial charge in [-0.3, -0.25) is 0 Å². The molecule has 0 radical (unpaired) electrons. The molecule has 1 nitrogen and oxygen atoms in total. The van der Waals surface area contributed by atoms with Crippen LogP contribution in [0.5, 0.6) is 0 Å². The van der Waals surface area contributed by atoms with Crippen molar-refractivity contribution in [3.05, 3.63) is 70.5 Å². The van der Waals surface area contributed by atoms with Gasteiger partial charge in [0.05, 0.1) is 6.61 Å². The molecule has 0 aromatic heterocycles. The van der Waals surface area contributed by atoms with Crippen molar-refractivity contribution in [1.82, 2.24) is 0 Å². The molecular weight excluding hydrogens is 464 g/mol. The fourth-order valence-electron chi connectivity index (χ4n) is 5.30. The van der Waals surface area contributed by atoms with Crippen molar-refractivity contribution in [3.8, 4) is 0 Å². The van der Waals surface area contributed by atoms with Crippen molar-refractivity contribution in [3.63, 3.8) is 0 Å². The summed E-state index contributed by atoms with van der Waals surface area (Å²) in [6.45, 7) is 3.86. The number of alkyl halides is 3. The lowest BCUT2D eigenvalue weighted by atomic mass is 9.77. The second-order valence-electron chi connectivity index (χ2n) is 10.5. The number of ether oxygens (including phenoxy) is 1. The van der Waals surface area contributed by atoms with Gasteiger partial charge in [-0.25, -0.2) is 8.78 Å². The van der Waals surface area contributed by atoms with Crippen molar-refractivity contribution < 1.29 is 22.3 Å². The maximum absolute atomic E-state index is 14.6. The normalized spacial score (nSPS) is 19.4. The van der Waals surface area contributed by atoms with E-state index >= 15 is 0 Å². The molecule has 1 fully saturated rings. The van der Waals surface area contributed by atoms with Gasteiger partial charge < -0.3 is 4.74 Å². The summed E-state index contributed by atoms with van der Waals surface area (Å²) in [5.74, 6) is 0.384. The lowest BCUT2D eigenvalue weighted by molar-refractivity contribution is -0.282. The number of hydrogen-bond acceptors (Lipinski definition) is 1. The highest BCUT2D eigenvalue weighted by Gasteiger charge is 2.44. The Labute approximate surface area is 214 Å². The number of halogens is 4. The molecule has 36 heavy (non-hydrogen) atoms. The molecule has 5 heteroatoms. The highest BCUT2D eigenvalue weighted by atomic mass is 19.3. The lowest BCUT2D eigenvalue weighted by Gasteiger charge is -2.29. The van der Waals surface area contributed by atoms with Crippen molar-refractivity contribution >= 4 is 0 Å². The predicted octanol–water partition coefficient (Wildman–Crippen LogP) is 10.2. The van der Waals surface area contributed by atoms with Gasteiger partial charge in [-0.05, 0) is 73.1 Å². The molecule has 3 rings (SSSR count). The Hall–Kier alpha value is -1.88. The molecule has 2 aromatic carbocycles. The van der Waals surface area contributed by atoms with Gasteiger partial charge in [0.2, 0.25) is 6.17 Å². The molecule has 0 spiro atoms. The summed E-state index contributed by atoms with van der Waals surface area (Å²) in [7, 11) is 0. The van der Waals surface area contributed by atoms with Crippen molar-refractivity contribution in [2.75, 3.05) is 0 Å². The van der Waals surface area contributed by atoms with Crippen LogP contribution in [0.25, 0.3) is 0 Å². The summed E-state index contributed by atoms with van der Waals surface area (Å²) in [6.07, 6.45) is 6.61. The average Bonchev–Trinajstić information content (AvgIpc) is 2.88. The van der Waals surface area contributed by atoms with E-state index in [-0.39, 0.29) is 0 Å². The standard InChI is InChI=1S/C31H42F4O/c1-3-5-7-9-23-11-16-26(17-12-23)27-18-13-25(14-19-27)22-36-31(34,35)30(33)28-20-15-24(21-29(28)32)10-8-6-4-2/h13-15,18-21,23,26,30H,3-12,16-17,22H2,1-2H3. The summed E-state index contributed by atoms with van der Waals surface area (Å²) < 4.78 is 62.6. The summed E-state index contributed by atoms with van der Waals surface area (Å²) in [6, 6.07) is 11.3. The molecule has 1 aliphatic carbocycles. The van der Waals surface area contributed by atoms with Crippen LogP contribution in [0.2, 0.25) is 0 Å². The molecule has 0 amide bonds. The molecular formula is C31H42F4O. The fraction of sp³-hybridized carbons (Fsp3) is 0.613. The van der Waals surface area contributed by atoms with E-state index in [0.717, 1.165) is 50.2 Å².